The number of carbonyl (C=O) groups excluding carboxylic acids is 1. The Hall–Kier alpha value is -1.41. The molecule has 8 heteroatoms. The number of hydrogen-bond donors (Lipinski definition) is 0. The number of hydrogen-bond acceptors (Lipinski definition) is 4. The molecule has 1 aliphatic heterocycles. The van der Waals surface area contributed by atoms with Gasteiger partial charge >= 0.3 is 0 Å². The van der Waals surface area contributed by atoms with Gasteiger partial charge < -0.3 is 4.90 Å². The summed E-state index contributed by atoms with van der Waals surface area (Å²) in [6.07, 6.45) is 4.03. The average molecular weight is 328 g/mol. The van der Waals surface area contributed by atoms with Crippen LogP contribution < -0.4 is 0 Å². The van der Waals surface area contributed by atoms with Gasteiger partial charge in [-0.1, -0.05) is 13.8 Å². The van der Waals surface area contributed by atoms with Crippen LogP contribution in [0.25, 0.3) is 0 Å². The third kappa shape index (κ3) is 3.86. The Morgan fingerprint density at radius 2 is 2.00 bits per heavy atom. The number of carbonyl (C=O) groups is 1. The molecular weight excluding hydrogens is 304 g/mol. The maximum Gasteiger partial charge on any atom is 0.246 e. The molecule has 2 heterocycles. The predicted octanol–water partition coefficient (Wildman–Crippen LogP) is 0.689. The highest BCUT2D eigenvalue weighted by molar-refractivity contribution is 7.89. The molecule has 2 rings (SSSR count). The minimum absolute atomic E-state index is 0.107. The van der Waals surface area contributed by atoms with E-state index in [1.54, 1.807) is 11.9 Å². The van der Waals surface area contributed by atoms with Crippen molar-refractivity contribution in [2.45, 2.75) is 31.6 Å². The largest absolute Gasteiger partial charge is 0.341 e. The molecule has 0 spiro atoms. The monoisotopic (exact) mass is 328 g/mol. The Labute approximate surface area is 131 Å². The standard InChI is InChI=1S/C14H24N4O3S/c1-12(2)9-14(19)17-5-4-6-18(8-7-17)22(20,21)13-10-15-16(3)11-13/h10-12H,4-9H2,1-3H3. The first-order chi connectivity index (χ1) is 10.3. The molecule has 1 amide bonds. The van der Waals surface area contributed by atoms with E-state index in [4.69, 9.17) is 0 Å². The zero-order valence-corrected chi connectivity index (χ0v) is 14.2. The molecule has 1 fully saturated rings. The van der Waals surface area contributed by atoms with Gasteiger partial charge in [0.05, 0.1) is 6.20 Å². The fourth-order valence-electron chi connectivity index (χ4n) is 2.54. The summed E-state index contributed by atoms with van der Waals surface area (Å²) in [5.41, 5.74) is 0. The number of aromatic nitrogens is 2. The highest BCUT2D eigenvalue weighted by Crippen LogP contribution is 2.17. The van der Waals surface area contributed by atoms with Gasteiger partial charge in [0, 0.05) is 45.8 Å². The van der Waals surface area contributed by atoms with Crippen LogP contribution in [-0.4, -0.2) is 59.5 Å². The van der Waals surface area contributed by atoms with Crippen LogP contribution in [0.5, 0.6) is 0 Å². The lowest BCUT2D eigenvalue weighted by Gasteiger charge is -2.22. The van der Waals surface area contributed by atoms with E-state index in [-0.39, 0.29) is 10.8 Å². The molecule has 1 saturated heterocycles. The average Bonchev–Trinajstić information content (AvgIpc) is 2.73. The lowest BCUT2D eigenvalue weighted by Crippen LogP contribution is -2.37. The van der Waals surface area contributed by atoms with E-state index >= 15 is 0 Å². The second kappa shape index (κ2) is 6.78. The molecular formula is C14H24N4O3S. The van der Waals surface area contributed by atoms with Gasteiger partial charge in [0.25, 0.3) is 0 Å². The van der Waals surface area contributed by atoms with Crippen molar-refractivity contribution in [3.05, 3.63) is 12.4 Å². The van der Waals surface area contributed by atoms with Gasteiger partial charge in [0.2, 0.25) is 15.9 Å². The fourth-order valence-corrected chi connectivity index (χ4v) is 4.00. The summed E-state index contributed by atoms with van der Waals surface area (Å²) in [5, 5.41) is 3.92. The molecule has 1 aliphatic rings. The first-order valence-corrected chi connectivity index (χ1v) is 9.01. The van der Waals surface area contributed by atoms with Crippen molar-refractivity contribution in [3.8, 4) is 0 Å². The molecule has 0 bridgehead atoms. The van der Waals surface area contributed by atoms with Crippen LogP contribution in [0.3, 0.4) is 0 Å². The molecule has 124 valence electrons. The van der Waals surface area contributed by atoms with Crippen LogP contribution in [0.2, 0.25) is 0 Å². The summed E-state index contributed by atoms with van der Waals surface area (Å²) in [4.78, 5) is 14.1. The van der Waals surface area contributed by atoms with Crippen LogP contribution >= 0.6 is 0 Å². The van der Waals surface area contributed by atoms with Crippen LogP contribution in [0, 0.1) is 5.92 Å². The maximum absolute atomic E-state index is 12.6. The zero-order valence-electron chi connectivity index (χ0n) is 13.4. The number of nitrogens with zero attached hydrogens (tertiary/aromatic N) is 4. The topological polar surface area (TPSA) is 75.5 Å². The van der Waals surface area contributed by atoms with Crippen molar-refractivity contribution in [2.24, 2.45) is 13.0 Å². The van der Waals surface area contributed by atoms with Crippen LogP contribution in [0.15, 0.2) is 17.3 Å². The maximum atomic E-state index is 12.6. The molecule has 22 heavy (non-hydrogen) atoms. The molecule has 0 saturated carbocycles. The molecule has 0 atom stereocenters. The number of aryl methyl sites for hydroxylation is 1. The predicted molar refractivity (Wildman–Crippen MR) is 82.6 cm³/mol. The lowest BCUT2D eigenvalue weighted by molar-refractivity contribution is -0.131. The first-order valence-electron chi connectivity index (χ1n) is 7.57. The Morgan fingerprint density at radius 1 is 1.27 bits per heavy atom. The first kappa shape index (κ1) is 17.0. The smallest absolute Gasteiger partial charge is 0.246 e. The third-order valence-corrected chi connectivity index (χ3v) is 5.56. The molecule has 1 aromatic rings. The fraction of sp³-hybridized carbons (Fsp3) is 0.714. The van der Waals surface area contributed by atoms with Crippen molar-refractivity contribution in [1.29, 1.82) is 0 Å². The van der Waals surface area contributed by atoms with Crippen LogP contribution in [0.4, 0.5) is 0 Å². The van der Waals surface area contributed by atoms with Crippen molar-refractivity contribution >= 4 is 15.9 Å². The lowest BCUT2D eigenvalue weighted by atomic mass is 10.1. The number of rotatable bonds is 4. The highest BCUT2D eigenvalue weighted by atomic mass is 32.2. The normalized spacial score (nSPS) is 17.7. The summed E-state index contributed by atoms with van der Waals surface area (Å²) in [5.74, 6) is 0.418. The molecule has 0 aliphatic carbocycles. The van der Waals surface area contributed by atoms with Crippen molar-refractivity contribution < 1.29 is 13.2 Å². The van der Waals surface area contributed by atoms with Crippen molar-refractivity contribution in [3.63, 3.8) is 0 Å². The van der Waals surface area contributed by atoms with Crippen molar-refractivity contribution in [2.75, 3.05) is 26.2 Å². The van der Waals surface area contributed by atoms with Gasteiger partial charge in [0.15, 0.2) is 0 Å². The molecule has 1 aromatic heterocycles. The SMILES string of the molecule is CC(C)CC(=O)N1CCCN(S(=O)(=O)c2cnn(C)c2)CC1. The number of amides is 1. The minimum Gasteiger partial charge on any atom is -0.341 e. The van der Waals surface area contributed by atoms with E-state index in [0.29, 0.717) is 44.9 Å². The second-order valence-corrected chi connectivity index (χ2v) is 8.02. The summed E-state index contributed by atoms with van der Waals surface area (Å²) in [7, 11) is -1.84. The van der Waals surface area contributed by atoms with Gasteiger partial charge in [-0.2, -0.15) is 9.40 Å². The summed E-state index contributed by atoms with van der Waals surface area (Å²) >= 11 is 0. The summed E-state index contributed by atoms with van der Waals surface area (Å²) in [6.45, 7) is 5.85. The minimum atomic E-state index is -3.52. The van der Waals surface area contributed by atoms with E-state index in [1.807, 2.05) is 13.8 Å². The van der Waals surface area contributed by atoms with Gasteiger partial charge in [-0.3, -0.25) is 9.48 Å². The van der Waals surface area contributed by atoms with Crippen LogP contribution in [0.1, 0.15) is 26.7 Å². The van der Waals surface area contributed by atoms with Crippen molar-refractivity contribution in [1.82, 2.24) is 19.0 Å². The Kier molecular flexibility index (Phi) is 5.23. The molecule has 0 radical (unpaired) electrons. The van der Waals surface area contributed by atoms with Crippen LogP contribution in [-0.2, 0) is 21.9 Å². The summed E-state index contributed by atoms with van der Waals surface area (Å²) in [6, 6.07) is 0. The zero-order chi connectivity index (χ0) is 16.3. The second-order valence-electron chi connectivity index (χ2n) is 6.09. The van der Waals surface area contributed by atoms with Gasteiger partial charge in [0.1, 0.15) is 4.90 Å². The molecule has 0 N–H and O–H groups in total. The van der Waals surface area contributed by atoms with E-state index in [2.05, 4.69) is 5.10 Å². The van der Waals surface area contributed by atoms with Gasteiger partial charge in [-0.25, -0.2) is 8.42 Å². The Balaban J connectivity index is 2.05. The highest BCUT2D eigenvalue weighted by Gasteiger charge is 2.29. The van der Waals surface area contributed by atoms with Gasteiger partial charge in [-0.05, 0) is 12.3 Å². The quantitative estimate of drug-likeness (QED) is 0.815. The Morgan fingerprint density at radius 3 is 2.59 bits per heavy atom. The number of sulfonamides is 1. The van der Waals surface area contributed by atoms with E-state index < -0.39 is 10.0 Å². The third-order valence-electron chi connectivity index (χ3n) is 3.71. The molecule has 0 unspecified atom stereocenters. The molecule has 0 aromatic carbocycles. The van der Waals surface area contributed by atoms with E-state index in [0.717, 1.165) is 0 Å². The van der Waals surface area contributed by atoms with E-state index in [1.165, 1.54) is 21.4 Å². The summed E-state index contributed by atoms with van der Waals surface area (Å²) < 4.78 is 28.1. The van der Waals surface area contributed by atoms with Gasteiger partial charge in [-0.15, -0.1) is 0 Å². The molecule has 7 nitrogen and oxygen atoms in total. The van der Waals surface area contributed by atoms with E-state index in [9.17, 15) is 13.2 Å². The Bertz CT molecular complexity index is 624.